The van der Waals surface area contributed by atoms with Crippen LogP contribution >= 0.6 is 11.3 Å². The molecule has 3 heterocycles. The largest absolute Gasteiger partial charge is 0.354 e. The van der Waals surface area contributed by atoms with Crippen LogP contribution in [0.3, 0.4) is 0 Å². The van der Waals surface area contributed by atoms with E-state index < -0.39 is 0 Å². The fourth-order valence-corrected chi connectivity index (χ4v) is 4.06. The fraction of sp³-hybridized carbons (Fsp3) is 0.261. The van der Waals surface area contributed by atoms with Gasteiger partial charge in [-0.05, 0) is 48.3 Å². The summed E-state index contributed by atoms with van der Waals surface area (Å²) in [7, 11) is 2.12. The number of hydrogen-bond donors (Lipinski definition) is 2. The number of aromatic nitrogens is 1. The van der Waals surface area contributed by atoms with Crippen molar-refractivity contribution in [3.8, 4) is 0 Å². The molecule has 1 saturated heterocycles. The van der Waals surface area contributed by atoms with Gasteiger partial charge in [-0.25, -0.2) is 4.98 Å². The maximum absolute atomic E-state index is 12.8. The van der Waals surface area contributed by atoms with Crippen molar-refractivity contribution >= 4 is 34.7 Å². The molecule has 1 aromatic carbocycles. The topological polar surface area (TPSA) is 77.6 Å². The first-order valence-corrected chi connectivity index (χ1v) is 11.1. The summed E-state index contributed by atoms with van der Waals surface area (Å²) in [4.78, 5) is 34.9. The Morgan fingerprint density at radius 2 is 1.84 bits per heavy atom. The van der Waals surface area contributed by atoms with Gasteiger partial charge in [0.15, 0.2) is 0 Å². The van der Waals surface area contributed by atoms with Crippen molar-refractivity contribution in [2.45, 2.75) is 6.54 Å². The van der Waals surface area contributed by atoms with Crippen LogP contribution in [-0.2, 0) is 6.54 Å². The van der Waals surface area contributed by atoms with E-state index in [4.69, 9.17) is 0 Å². The van der Waals surface area contributed by atoms with Crippen molar-refractivity contribution in [3.05, 3.63) is 76.1 Å². The minimum absolute atomic E-state index is 0.221. The van der Waals surface area contributed by atoms with Gasteiger partial charge in [0.2, 0.25) is 0 Å². The fourth-order valence-electron chi connectivity index (χ4n) is 3.44. The van der Waals surface area contributed by atoms with Crippen LogP contribution in [0.2, 0.25) is 0 Å². The molecule has 0 radical (unpaired) electrons. The third-order valence-corrected chi connectivity index (χ3v) is 6.12. The number of nitrogens with one attached hydrogen (secondary N) is 2. The van der Waals surface area contributed by atoms with Gasteiger partial charge in [0.05, 0.1) is 16.1 Å². The average Bonchev–Trinajstić information content (AvgIpc) is 3.34. The zero-order chi connectivity index (χ0) is 21.6. The van der Waals surface area contributed by atoms with Gasteiger partial charge in [0.25, 0.3) is 11.8 Å². The normalized spacial score (nSPS) is 14.3. The Morgan fingerprint density at radius 3 is 2.61 bits per heavy atom. The molecule has 3 aromatic rings. The van der Waals surface area contributed by atoms with Crippen LogP contribution in [0.5, 0.6) is 0 Å². The molecule has 7 nitrogen and oxygen atoms in total. The third kappa shape index (κ3) is 5.28. The number of carbonyl (C=O) groups excluding carboxylic acids is 2. The first-order valence-electron chi connectivity index (χ1n) is 10.2. The lowest BCUT2D eigenvalue weighted by Crippen LogP contribution is -2.44. The quantitative estimate of drug-likeness (QED) is 0.622. The van der Waals surface area contributed by atoms with E-state index in [0.717, 1.165) is 37.6 Å². The number of pyridine rings is 1. The minimum atomic E-state index is -0.236. The second-order valence-electron chi connectivity index (χ2n) is 7.47. The van der Waals surface area contributed by atoms with Gasteiger partial charge in [0.1, 0.15) is 5.82 Å². The van der Waals surface area contributed by atoms with Gasteiger partial charge in [0, 0.05) is 38.9 Å². The molecule has 2 amide bonds. The first-order chi connectivity index (χ1) is 15.1. The molecule has 0 saturated carbocycles. The van der Waals surface area contributed by atoms with Crippen LogP contribution < -0.4 is 15.5 Å². The third-order valence-electron chi connectivity index (χ3n) is 5.26. The van der Waals surface area contributed by atoms with Crippen molar-refractivity contribution in [2.75, 3.05) is 43.4 Å². The van der Waals surface area contributed by atoms with Gasteiger partial charge in [-0.1, -0.05) is 18.2 Å². The number of rotatable bonds is 6. The van der Waals surface area contributed by atoms with E-state index in [1.54, 1.807) is 36.5 Å². The van der Waals surface area contributed by atoms with Crippen molar-refractivity contribution in [1.82, 2.24) is 15.2 Å². The molecule has 0 spiro atoms. The molecule has 31 heavy (non-hydrogen) atoms. The van der Waals surface area contributed by atoms with Crippen LogP contribution in [0.15, 0.2) is 60.1 Å². The average molecular weight is 436 g/mol. The van der Waals surface area contributed by atoms with E-state index in [1.807, 2.05) is 23.6 Å². The highest BCUT2D eigenvalue weighted by Crippen LogP contribution is 2.19. The molecule has 2 aromatic heterocycles. The van der Waals surface area contributed by atoms with Gasteiger partial charge < -0.3 is 20.4 Å². The lowest BCUT2D eigenvalue weighted by molar-refractivity contribution is 0.0951. The number of benzene rings is 1. The van der Waals surface area contributed by atoms with Gasteiger partial charge in [-0.2, -0.15) is 0 Å². The summed E-state index contributed by atoms with van der Waals surface area (Å²) in [5, 5.41) is 7.64. The Balaban J connectivity index is 1.40. The van der Waals surface area contributed by atoms with E-state index in [2.05, 4.69) is 32.5 Å². The monoisotopic (exact) mass is 435 g/mol. The number of carbonyl (C=O) groups is 2. The Bertz CT molecular complexity index is 1050. The van der Waals surface area contributed by atoms with Gasteiger partial charge in [-0.15, -0.1) is 11.3 Å². The van der Waals surface area contributed by atoms with Crippen LogP contribution in [0, 0.1) is 0 Å². The molecule has 4 rings (SSSR count). The molecular weight excluding hydrogens is 410 g/mol. The molecule has 1 aliphatic heterocycles. The van der Waals surface area contributed by atoms with E-state index >= 15 is 0 Å². The number of anilines is 2. The zero-order valence-electron chi connectivity index (χ0n) is 17.4. The SMILES string of the molecule is CN1CCN(c2cc(CNC(=O)c3ccccc3NC(=O)c3cccs3)ccn2)CC1. The Labute approximate surface area is 185 Å². The highest BCUT2D eigenvalue weighted by molar-refractivity contribution is 7.12. The molecule has 0 aliphatic carbocycles. The lowest BCUT2D eigenvalue weighted by atomic mass is 10.1. The summed E-state index contributed by atoms with van der Waals surface area (Å²) in [6.45, 7) is 4.29. The number of piperazine rings is 1. The summed E-state index contributed by atoms with van der Waals surface area (Å²) < 4.78 is 0. The number of para-hydroxylation sites is 1. The van der Waals surface area contributed by atoms with Gasteiger partial charge in [-0.3, -0.25) is 9.59 Å². The summed E-state index contributed by atoms with van der Waals surface area (Å²) in [6.07, 6.45) is 1.78. The van der Waals surface area contributed by atoms with E-state index in [9.17, 15) is 9.59 Å². The van der Waals surface area contributed by atoms with Crippen LogP contribution in [0.4, 0.5) is 11.5 Å². The maximum Gasteiger partial charge on any atom is 0.265 e. The number of hydrogen-bond acceptors (Lipinski definition) is 6. The lowest BCUT2D eigenvalue weighted by Gasteiger charge is -2.33. The second-order valence-corrected chi connectivity index (χ2v) is 8.42. The molecule has 1 aliphatic rings. The Hall–Kier alpha value is -3.23. The predicted octanol–water partition coefficient (Wildman–Crippen LogP) is 3.08. The number of thiophene rings is 1. The number of likely N-dealkylation sites (N-methyl/N-ethyl adjacent to an activating group) is 1. The molecule has 160 valence electrons. The summed E-state index contributed by atoms with van der Waals surface area (Å²) in [5.41, 5.74) is 1.91. The number of amides is 2. The molecule has 1 fully saturated rings. The second kappa shape index (κ2) is 9.72. The van der Waals surface area contributed by atoms with Crippen LogP contribution in [0.1, 0.15) is 25.6 Å². The van der Waals surface area contributed by atoms with E-state index in [1.165, 1.54) is 11.3 Å². The molecule has 0 unspecified atom stereocenters. The minimum Gasteiger partial charge on any atom is -0.354 e. The molecular formula is C23H25N5O2S. The van der Waals surface area contributed by atoms with Crippen molar-refractivity contribution < 1.29 is 9.59 Å². The Kier molecular flexibility index (Phi) is 6.59. The van der Waals surface area contributed by atoms with E-state index in [-0.39, 0.29) is 11.8 Å². The zero-order valence-corrected chi connectivity index (χ0v) is 18.2. The van der Waals surface area contributed by atoms with Crippen molar-refractivity contribution in [1.29, 1.82) is 0 Å². The Morgan fingerprint density at radius 1 is 1.03 bits per heavy atom. The molecule has 0 atom stereocenters. The summed E-state index contributed by atoms with van der Waals surface area (Å²) in [5.74, 6) is 0.477. The summed E-state index contributed by atoms with van der Waals surface area (Å²) >= 11 is 1.36. The van der Waals surface area contributed by atoms with Crippen LogP contribution in [-0.4, -0.2) is 54.9 Å². The smallest absolute Gasteiger partial charge is 0.265 e. The maximum atomic E-state index is 12.8. The van der Waals surface area contributed by atoms with E-state index in [0.29, 0.717) is 22.7 Å². The molecule has 0 bridgehead atoms. The first kappa shape index (κ1) is 21.0. The molecule has 2 N–H and O–H groups in total. The van der Waals surface area contributed by atoms with Crippen LogP contribution in [0.25, 0.3) is 0 Å². The van der Waals surface area contributed by atoms with Crippen molar-refractivity contribution in [2.24, 2.45) is 0 Å². The number of nitrogens with zero attached hydrogens (tertiary/aromatic N) is 3. The standard InChI is InChI=1S/C23H25N5O2S/c1-27-10-12-28(13-11-27)21-15-17(8-9-24-21)16-25-22(29)18-5-2-3-6-19(18)26-23(30)20-7-4-14-31-20/h2-9,14-15H,10-13,16H2,1H3,(H,25,29)(H,26,30). The highest BCUT2D eigenvalue weighted by Gasteiger charge is 2.17. The predicted molar refractivity (Wildman–Crippen MR) is 124 cm³/mol. The van der Waals surface area contributed by atoms with Gasteiger partial charge >= 0.3 is 0 Å². The highest BCUT2D eigenvalue weighted by atomic mass is 32.1. The summed E-state index contributed by atoms with van der Waals surface area (Å²) in [6, 6.07) is 14.5. The molecule has 8 heteroatoms. The van der Waals surface area contributed by atoms with Crippen molar-refractivity contribution in [3.63, 3.8) is 0 Å².